The monoisotopic (exact) mass is 262 g/mol. The molecule has 1 N–H and O–H groups in total. The van der Waals surface area contributed by atoms with Gasteiger partial charge in [-0.05, 0) is 34.9 Å². The minimum atomic E-state index is -0.512. The van der Waals surface area contributed by atoms with Gasteiger partial charge in [0.05, 0.1) is 6.10 Å². The van der Waals surface area contributed by atoms with E-state index in [0.717, 1.165) is 11.1 Å². The van der Waals surface area contributed by atoms with E-state index in [1.165, 1.54) is 0 Å². The first-order valence-corrected chi connectivity index (χ1v) is 7.11. The summed E-state index contributed by atoms with van der Waals surface area (Å²) in [7, 11) is 0. The lowest BCUT2D eigenvalue weighted by Crippen LogP contribution is -2.23. The molecule has 2 atom stereocenters. The molecule has 1 heterocycles. The first-order valence-electron chi connectivity index (χ1n) is 6.17. The summed E-state index contributed by atoms with van der Waals surface area (Å²) in [6, 6.07) is 11.9. The fraction of sp³-hybridized carbons (Fsp3) is 0.333. The summed E-state index contributed by atoms with van der Waals surface area (Å²) < 4.78 is 5.69. The third-order valence-corrected chi connectivity index (χ3v) is 3.58. The topological polar surface area (TPSA) is 29.5 Å². The van der Waals surface area contributed by atoms with Crippen molar-refractivity contribution in [3.8, 4) is 0 Å². The van der Waals surface area contributed by atoms with Crippen molar-refractivity contribution < 1.29 is 9.84 Å². The summed E-state index contributed by atoms with van der Waals surface area (Å²) in [5, 5.41) is 14.4. The quantitative estimate of drug-likeness (QED) is 0.864. The normalized spacial score (nSPS) is 14.3. The molecular formula is C15H18O2S. The Hall–Kier alpha value is -1.16. The molecule has 0 spiro atoms. The number of ether oxygens (including phenoxy) is 1. The molecular weight excluding hydrogens is 244 g/mol. The number of thiophene rings is 1. The molecule has 0 radical (unpaired) electrons. The zero-order valence-corrected chi connectivity index (χ0v) is 11.3. The minimum absolute atomic E-state index is 0.254. The van der Waals surface area contributed by atoms with Gasteiger partial charge < -0.3 is 9.84 Å². The van der Waals surface area contributed by atoms with Crippen LogP contribution in [0.5, 0.6) is 0 Å². The largest absolute Gasteiger partial charge is 0.390 e. The predicted octanol–water partition coefficient (Wildman–Crippen LogP) is 3.43. The molecule has 2 nitrogen and oxygen atoms in total. The molecule has 0 saturated heterocycles. The molecule has 2 unspecified atom stereocenters. The van der Waals surface area contributed by atoms with Crippen molar-refractivity contribution in [3.63, 3.8) is 0 Å². The maximum absolute atomic E-state index is 10.3. The summed E-state index contributed by atoms with van der Waals surface area (Å²) in [5.41, 5.74) is 2.19. The Morgan fingerprint density at radius 3 is 2.61 bits per heavy atom. The molecule has 2 aromatic rings. The smallest absolute Gasteiger partial charge is 0.109 e. The highest BCUT2D eigenvalue weighted by molar-refractivity contribution is 7.07. The molecule has 18 heavy (non-hydrogen) atoms. The zero-order chi connectivity index (χ0) is 12.8. The van der Waals surface area contributed by atoms with Crippen LogP contribution in [0.1, 0.15) is 24.2 Å². The van der Waals surface area contributed by atoms with Gasteiger partial charge in [-0.25, -0.2) is 0 Å². The van der Waals surface area contributed by atoms with Gasteiger partial charge in [-0.1, -0.05) is 30.3 Å². The first-order chi connectivity index (χ1) is 8.81. The van der Waals surface area contributed by atoms with E-state index in [2.05, 4.69) is 5.38 Å². The number of hydrogen-bond donors (Lipinski definition) is 1. The first kappa shape index (κ1) is 13.3. The van der Waals surface area contributed by atoms with E-state index < -0.39 is 6.10 Å². The van der Waals surface area contributed by atoms with Crippen molar-refractivity contribution in [2.75, 3.05) is 6.61 Å². The van der Waals surface area contributed by atoms with Crippen LogP contribution < -0.4 is 0 Å². The fourth-order valence-corrected chi connectivity index (χ4v) is 2.69. The van der Waals surface area contributed by atoms with Crippen molar-refractivity contribution in [2.45, 2.75) is 25.6 Å². The van der Waals surface area contributed by atoms with Gasteiger partial charge in [0.2, 0.25) is 0 Å². The van der Waals surface area contributed by atoms with Crippen LogP contribution in [0.25, 0.3) is 0 Å². The molecule has 0 saturated carbocycles. The SMILES string of the molecule is CCOC(c1ccccc1)C(O)Cc1ccsc1. The molecule has 96 valence electrons. The summed E-state index contributed by atoms with van der Waals surface area (Å²) in [5.74, 6) is 0. The van der Waals surface area contributed by atoms with E-state index in [1.54, 1.807) is 11.3 Å². The zero-order valence-electron chi connectivity index (χ0n) is 10.5. The maximum Gasteiger partial charge on any atom is 0.109 e. The average molecular weight is 262 g/mol. The molecule has 3 heteroatoms. The third kappa shape index (κ3) is 3.42. The highest BCUT2D eigenvalue weighted by Crippen LogP contribution is 2.24. The second kappa shape index (κ2) is 6.69. The number of aliphatic hydroxyl groups is 1. The molecule has 2 rings (SSSR count). The van der Waals surface area contributed by atoms with E-state index in [1.807, 2.05) is 48.7 Å². The summed E-state index contributed by atoms with van der Waals surface area (Å²) >= 11 is 1.65. The molecule has 0 fully saturated rings. The van der Waals surface area contributed by atoms with Crippen molar-refractivity contribution >= 4 is 11.3 Å². The van der Waals surface area contributed by atoms with Crippen molar-refractivity contribution in [2.24, 2.45) is 0 Å². The third-order valence-electron chi connectivity index (χ3n) is 2.85. The van der Waals surface area contributed by atoms with Gasteiger partial charge in [0.15, 0.2) is 0 Å². The van der Waals surface area contributed by atoms with E-state index in [9.17, 15) is 5.11 Å². The van der Waals surface area contributed by atoms with Gasteiger partial charge in [0.25, 0.3) is 0 Å². The summed E-state index contributed by atoms with van der Waals surface area (Å²) in [6.07, 6.45) is -0.138. The molecule has 0 aliphatic heterocycles. The Labute approximate surface area is 112 Å². The van der Waals surface area contributed by atoms with Gasteiger partial charge in [0, 0.05) is 13.0 Å². The molecule has 0 aliphatic carbocycles. The second-order valence-electron chi connectivity index (χ2n) is 4.19. The van der Waals surface area contributed by atoms with E-state index >= 15 is 0 Å². The van der Waals surface area contributed by atoms with Crippen LogP contribution in [0.4, 0.5) is 0 Å². The van der Waals surface area contributed by atoms with Crippen molar-refractivity contribution in [3.05, 3.63) is 58.3 Å². The molecule has 0 amide bonds. The van der Waals surface area contributed by atoms with Gasteiger partial charge in [-0.15, -0.1) is 0 Å². The fourth-order valence-electron chi connectivity index (χ4n) is 2.01. The minimum Gasteiger partial charge on any atom is -0.390 e. The van der Waals surface area contributed by atoms with Crippen LogP contribution in [-0.2, 0) is 11.2 Å². The van der Waals surface area contributed by atoms with Crippen LogP contribution in [0, 0.1) is 0 Å². The highest BCUT2D eigenvalue weighted by atomic mass is 32.1. The molecule has 1 aromatic carbocycles. The number of rotatable bonds is 6. The van der Waals surface area contributed by atoms with Crippen molar-refractivity contribution in [1.29, 1.82) is 0 Å². The molecule has 0 bridgehead atoms. The lowest BCUT2D eigenvalue weighted by Gasteiger charge is -2.23. The van der Waals surface area contributed by atoms with Gasteiger partial charge >= 0.3 is 0 Å². The van der Waals surface area contributed by atoms with Crippen LogP contribution in [0.15, 0.2) is 47.2 Å². The van der Waals surface area contributed by atoms with Crippen LogP contribution in [-0.4, -0.2) is 17.8 Å². The molecule has 0 aliphatic rings. The lowest BCUT2D eigenvalue weighted by atomic mass is 9.99. The number of hydrogen-bond acceptors (Lipinski definition) is 3. The number of benzene rings is 1. The van der Waals surface area contributed by atoms with Gasteiger partial charge in [0.1, 0.15) is 6.10 Å². The lowest BCUT2D eigenvalue weighted by molar-refractivity contribution is -0.0339. The van der Waals surface area contributed by atoms with Crippen LogP contribution in [0.3, 0.4) is 0 Å². The van der Waals surface area contributed by atoms with E-state index in [4.69, 9.17) is 4.74 Å². The Balaban J connectivity index is 2.09. The van der Waals surface area contributed by atoms with E-state index in [-0.39, 0.29) is 6.10 Å². The van der Waals surface area contributed by atoms with Crippen LogP contribution >= 0.6 is 11.3 Å². The average Bonchev–Trinajstić information content (AvgIpc) is 2.89. The van der Waals surface area contributed by atoms with Crippen molar-refractivity contribution in [1.82, 2.24) is 0 Å². The van der Waals surface area contributed by atoms with E-state index in [0.29, 0.717) is 13.0 Å². The Bertz CT molecular complexity index is 439. The Morgan fingerprint density at radius 1 is 1.22 bits per heavy atom. The Kier molecular flexibility index (Phi) is 4.93. The highest BCUT2D eigenvalue weighted by Gasteiger charge is 2.21. The summed E-state index contributed by atoms with van der Waals surface area (Å²) in [4.78, 5) is 0. The van der Waals surface area contributed by atoms with Gasteiger partial charge in [-0.3, -0.25) is 0 Å². The predicted molar refractivity (Wildman–Crippen MR) is 74.8 cm³/mol. The standard InChI is InChI=1S/C15H18O2S/c1-2-17-15(13-6-4-3-5-7-13)14(16)10-12-8-9-18-11-12/h3-9,11,14-16H,2,10H2,1H3. The Morgan fingerprint density at radius 2 is 2.00 bits per heavy atom. The number of aliphatic hydroxyl groups excluding tert-OH is 1. The summed E-state index contributed by atoms with van der Waals surface area (Å²) in [6.45, 7) is 2.55. The second-order valence-corrected chi connectivity index (χ2v) is 4.97. The van der Waals surface area contributed by atoms with Crippen LogP contribution in [0.2, 0.25) is 0 Å². The molecule has 1 aromatic heterocycles. The maximum atomic E-state index is 10.3. The van der Waals surface area contributed by atoms with Gasteiger partial charge in [-0.2, -0.15) is 11.3 Å².